The topological polar surface area (TPSA) is 73.8 Å². The summed E-state index contributed by atoms with van der Waals surface area (Å²) in [5, 5.41) is 13.8. The maximum absolute atomic E-state index is 9.51. The first-order chi connectivity index (χ1) is 14.7. The molecule has 2 atom stereocenters. The molecule has 0 aliphatic carbocycles. The van der Waals surface area contributed by atoms with Crippen molar-refractivity contribution in [3.63, 3.8) is 0 Å². The Bertz CT molecular complexity index is 800. The van der Waals surface area contributed by atoms with Crippen molar-refractivity contribution in [2.24, 2.45) is 5.92 Å². The van der Waals surface area contributed by atoms with E-state index in [0.717, 1.165) is 75.4 Å². The van der Waals surface area contributed by atoms with Crippen molar-refractivity contribution in [2.75, 3.05) is 62.8 Å². The lowest BCUT2D eigenvalue weighted by Crippen LogP contribution is -2.41. The number of aliphatic hydroxyl groups is 1. The minimum atomic E-state index is 0.207. The van der Waals surface area contributed by atoms with Crippen molar-refractivity contribution in [3.8, 4) is 0 Å². The molecule has 2 saturated heterocycles. The molecule has 0 radical (unpaired) electrons. The van der Waals surface area contributed by atoms with Crippen LogP contribution >= 0.6 is 11.6 Å². The summed E-state index contributed by atoms with van der Waals surface area (Å²) in [4.78, 5) is 13.6. The van der Waals surface area contributed by atoms with E-state index >= 15 is 0 Å². The third-order valence-corrected chi connectivity index (χ3v) is 6.22. The Labute approximate surface area is 183 Å². The van der Waals surface area contributed by atoms with Crippen LogP contribution in [0.15, 0.2) is 36.7 Å². The number of rotatable bonds is 7. The third kappa shape index (κ3) is 5.40. The zero-order valence-electron chi connectivity index (χ0n) is 17.2. The third-order valence-electron chi connectivity index (χ3n) is 5.97. The summed E-state index contributed by atoms with van der Waals surface area (Å²) in [5.41, 5.74) is 1.23. The van der Waals surface area contributed by atoms with Gasteiger partial charge in [-0.05, 0) is 36.5 Å². The maximum atomic E-state index is 9.51. The van der Waals surface area contributed by atoms with Crippen LogP contribution in [0.3, 0.4) is 0 Å². The van der Waals surface area contributed by atoms with Crippen molar-refractivity contribution in [3.05, 3.63) is 47.2 Å². The fourth-order valence-electron chi connectivity index (χ4n) is 4.27. The fraction of sp³-hybridized carbons (Fsp3) is 0.545. The molecule has 2 aliphatic heterocycles. The number of halogens is 1. The number of nitrogens with one attached hydrogen (secondary N) is 1. The molecule has 2 fully saturated rings. The summed E-state index contributed by atoms with van der Waals surface area (Å²) >= 11 is 6.10. The van der Waals surface area contributed by atoms with Gasteiger partial charge in [0, 0.05) is 50.4 Å². The van der Waals surface area contributed by atoms with Crippen LogP contribution in [0, 0.1) is 5.92 Å². The summed E-state index contributed by atoms with van der Waals surface area (Å²) < 4.78 is 5.54. The summed E-state index contributed by atoms with van der Waals surface area (Å²) in [6.45, 7) is 6.08. The van der Waals surface area contributed by atoms with Crippen LogP contribution in [-0.4, -0.2) is 72.5 Å². The predicted octanol–water partition coefficient (Wildman–Crippen LogP) is 2.82. The zero-order chi connectivity index (χ0) is 20.8. The second kappa shape index (κ2) is 10.4. The number of aliphatic hydroxyl groups excluding tert-OH is 1. The van der Waals surface area contributed by atoms with E-state index in [-0.39, 0.29) is 12.6 Å². The molecule has 4 rings (SSSR count). The van der Waals surface area contributed by atoms with E-state index in [4.69, 9.17) is 16.3 Å². The van der Waals surface area contributed by atoms with E-state index in [1.165, 1.54) is 5.56 Å². The average Bonchev–Trinajstić information content (AvgIpc) is 2.81. The Morgan fingerprint density at radius 2 is 1.97 bits per heavy atom. The molecule has 0 bridgehead atoms. The van der Waals surface area contributed by atoms with E-state index in [2.05, 4.69) is 37.2 Å². The largest absolute Gasteiger partial charge is 0.396 e. The first-order valence-corrected chi connectivity index (χ1v) is 11.1. The lowest BCUT2D eigenvalue weighted by atomic mass is 9.99. The van der Waals surface area contributed by atoms with Crippen LogP contribution in [-0.2, 0) is 4.74 Å². The van der Waals surface area contributed by atoms with Crippen molar-refractivity contribution >= 4 is 23.2 Å². The van der Waals surface area contributed by atoms with Gasteiger partial charge in [-0.25, -0.2) is 9.97 Å². The van der Waals surface area contributed by atoms with E-state index in [9.17, 15) is 5.11 Å². The van der Waals surface area contributed by atoms with E-state index in [1.54, 1.807) is 6.33 Å². The highest BCUT2D eigenvalue weighted by Gasteiger charge is 2.24. The van der Waals surface area contributed by atoms with Crippen molar-refractivity contribution < 1.29 is 9.84 Å². The molecule has 0 spiro atoms. The number of hydrogen-bond acceptors (Lipinski definition) is 7. The molecule has 1 aromatic carbocycles. The number of anilines is 2. The standard InChI is InChI=1S/C22H30ClN5O2/c23-19-5-3-18(4-6-19)20(27-8-10-30-11-9-27)13-24-21-12-22(26-16-25-21)28-7-1-2-17(14-28)15-29/h3-6,12,16-17,20,29H,1-2,7-11,13-15H2,(H,24,25,26). The molecule has 30 heavy (non-hydrogen) atoms. The lowest BCUT2D eigenvalue weighted by molar-refractivity contribution is 0.0187. The second-order valence-corrected chi connectivity index (χ2v) is 8.43. The molecule has 2 unspecified atom stereocenters. The Balaban J connectivity index is 1.46. The Kier molecular flexibility index (Phi) is 7.38. The summed E-state index contributed by atoms with van der Waals surface area (Å²) in [6, 6.07) is 10.3. The molecule has 162 valence electrons. The Morgan fingerprint density at radius 1 is 1.17 bits per heavy atom. The molecule has 2 N–H and O–H groups in total. The van der Waals surface area contributed by atoms with E-state index < -0.39 is 0 Å². The van der Waals surface area contributed by atoms with Gasteiger partial charge < -0.3 is 20.1 Å². The monoisotopic (exact) mass is 431 g/mol. The van der Waals surface area contributed by atoms with Crippen LogP contribution < -0.4 is 10.2 Å². The molecule has 0 saturated carbocycles. The Hall–Kier alpha value is -1.93. The molecular weight excluding hydrogens is 402 g/mol. The van der Waals surface area contributed by atoms with Gasteiger partial charge in [0.15, 0.2) is 0 Å². The van der Waals surface area contributed by atoms with Crippen LogP contribution in [0.2, 0.25) is 5.02 Å². The quantitative estimate of drug-likeness (QED) is 0.698. The molecular formula is C22H30ClN5O2. The first kappa shape index (κ1) is 21.3. The minimum Gasteiger partial charge on any atom is -0.396 e. The molecule has 2 aromatic rings. The van der Waals surface area contributed by atoms with Gasteiger partial charge in [0.2, 0.25) is 0 Å². The highest BCUT2D eigenvalue weighted by Crippen LogP contribution is 2.26. The zero-order valence-corrected chi connectivity index (χ0v) is 18.0. The van der Waals surface area contributed by atoms with Gasteiger partial charge in [-0.3, -0.25) is 4.90 Å². The molecule has 2 aliphatic rings. The number of nitrogens with zero attached hydrogens (tertiary/aromatic N) is 4. The van der Waals surface area contributed by atoms with Crippen LogP contribution in [0.25, 0.3) is 0 Å². The normalized spacial score (nSPS) is 21.4. The SMILES string of the molecule is OCC1CCCN(c2cc(NCC(c3ccc(Cl)cc3)N3CCOCC3)ncn2)C1. The molecule has 3 heterocycles. The summed E-state index contributed by atoms with van der Waals surface area (Å²) in [7, 11) is 0. The van der Waals surface area contributed by atoms with Crippen molar-refractivity contribution in [1.82, 2.24) is 14.9 Å². The van der Waals surface area contributed by atoms with E-state index in [1.807, 2.05) is 18.2 Å². The van der Waals surface area contributed by atoms with Gasteiger partial charge in [-0.15, -0.1) is 0 Å². The smallest absolute Gasteiger partial charge is 0.134 e. The second-order valence-electron chi connectivity index (χ2n) is 7.99. The van der Waals surface area contributed by atoms with Gasteiger partial charge in [0.05, 0.1) is 19.3 Å². The minimum absolute atomic E-state index is 0.207. The molecule has 0 amide bonds. The number of benzene rings is 1. The first-order valence-electron chi connectivity index (χ1n) is 10.7. The average molecular weight is 432 g/mol. The van der Waals surface area contributed by atoms with Gasteiger partial charge in [-0.2, -0.15) is 0 Å². The van der Waals surface area contributed by atoms with Gasteiger partial charge in [0.25, 0.3) is 0 Å². The molecule has 7 nitrogen and oxygen atoms in total. The number of aromatic nitrogens is 2. The predicted molar refractivity (Wildman–Crippen MR) is 119 cm³/mol. The highest BCUT2D eigenvalue weighted by molar-refractivity contribution is 6.30. The van der Waals surface area contributed by atoms with Crippen LogP contribution in [0.1, 0.15) is 24.4 Å². The number of morpholine rings is 1. The molecule has 1 aromatic heterocycles. The van der Waals surface area contributed by atoms with Gasteiger partial charge in [-0.1, -0.05) is 23.7 Å². The maximum Gasteiger partial charge on any atom is 0.134 e. The summed E-state index contributed by atoms with van der Waals surface area (Å²) in [6.07, 6.45) is 3.77. The van der Waals surface area contributed by atoms with Gasteiger partial charge in [0.1, 0.15) is 18.0 Å². The van der Waals surface area contributed by atoms with Crippen molar-refractivity contribution in [1.29, 1.82) is 0 Å². The number of hydrogen-bond donors (Lipinski definition) is 2. The Morgan fingerprint density at radius 3 is 2.73 bits per heavy atom. The summed E-state index contributed by atoms with van der Waals surface area (Å²) in [5.74, 6) is 2.05. The number of ether oxygens (including phenoxy) is 1. The van der Waals surface area contributed by atoms with Gasteiger partial charge >= 0.3 is 0 Å². The van der Waals surface area contributed by atoms with Crippen LogP contribution in [0.5, 0.6) is 0 Å². The fourth-order valence-corrected chi connectivity index (χ4v) is 4.40. The highest BCUT2D eigenvalue weighted by atomic mass is 35.5. The molecule has 8 heteroatoms. The van der Waals surface area contributed by atoms with E-state index in [0.29, 0.717) is 5.92 Å². The van der Waals surface area contributed by atoms with Crippen LogP contribution in [0.4, 0.5) is 11.6 Å². The number of piperidine rings is 1. The van der Waals surface area contributed by atoms with Crippen molar-refractivity contribution in [2.45, 2.75) is 18.9 Å². The lowest BCUT2D eigenvalue weighted by Gasteiger charge is -2.35.